The number of carbonyl (C=O) groups is 3. The Morgan fingerprint density at radius 3 is 2.46 bits per heavy atom. The lowest BCUT2D eigenvalue weighted by atomic mass is 9.99. The van der Waals surface area contributed by atoms with Crippen molar-refractivity contribution in [2.45, 2.75) is 52.1 Å². The highest BCUT2D eigenvalue weighted by Crippen LogP contribution is 2.37. The van der Waals surface area contributed by atoms with Gasteiger partial charge in [-0.15, -0.1) is 6.58 Å². The van der Waals surface area contributed by atoms with E-state index in [1.807, 2.05) is 20.8 Å². The Kier molecular flexibility index (Phi) is 9.44. The van der Waals surface area contributed by atoms with E-state index in [1.165, 1.54) is 25.2 Å². The van der Waals surface area contributed by atoms with Crippen LogP contribution in [0.15, 0.2) is 41.4 Å². The molecule has 1 aromatic carbocycles. The zero-order chi connectivity index (χ0) is 26.2. The smallest absolute Gasteiger partial charge is 0.248 e. The molecule has 0 aliphatic carbocycles. The minimum absolute atomic E-state index is 0.0749. The molecule has 3 amide bonds. The van der Waals surface area contributed by atoms with Gasteiger partial charge in [0.1, 0.15) is 11.8 Å². The third kappa shape index (κ3) is 7.59. The van der Waals surface area contributed by atoms with Gasteiger partial charge in [0.25, 0.3) is 0 Å². The third-order valence-electron chi connectivity index (χ3n) is 4.89. The summed E-state index contributed by atoms with van der Waals surface area (Å²) >= 11 is 0. The maximum Gasteiger partial charge on any atom is 0.248 e. The minimum Gasteiger partial charge on any atom is -0.493 e. The van der Waals surface area contributed by atoms with Crippen LogP contribution < -0.4 is 20.1 Å². The van der Waals surface area contributed by atoms with Gasteiger partial charge in [0.2, 0.25) is 17.7 Å². The number of nitrogens with one attached hydrogen (secondary N) is 2. The van der Waals surface area contributed by atoms with Gasteiger partial charge in [-0.25, -0.2) is 0 Å². The molecule has 0 bridgehead atoms. The number of benzene rings is 1. The molecule has 1 heterocycles. The van der Waals surface area contributed by atoms with Crippen LogP contribution >= 0.6 is 0 Å². The molecule has 10 heteroatoms. The van der Waals surface area contributed by atoms with Crippen molar-refractivity contribution in [3.63, 3.8) is 0 Å². The van der Waals surface area contributed by atoms with E-state index in [-0.39, 0.29) is 25.2 Å². The van der Waals surface area contributed by atoms with Crippen molar-refractivity contribution in [1.29, 1.82) is 0 Å². The molecule has 0 aliphatic heterocycles. The number of para-hydroxylation sites is 1. The molecule has 190 valence electrons. The molecule has 0 saturated heterocycles. The maximum absolute atomic E-state index is 13.5. The molecule has 2 aromatic rings. The molecule has 2 rings (SSSR count). The highest BCUT2D eigenvalue weighted by atomic mass is 16.5. The Hall–Kier alpha value is -3.82. The van der Waals surface area contributed by atoms with Crippen LogP contribution in [0, 0.1) is 6.92 Å². The second-order valence-corrected chi connectivity index (χ2v) is 8.93. The predicted molar refractivity (Wildman–Crippen MR) is 131 cm³/mol. The van der Waals surface area contributed by atoms with Gasteiger partial charge >= 0.3 is 0 Å². The second kappa shape index (κ2) is 12.0. The fourth-order valence-electron chi connectivity index (χ4n) is 3.50. The highest BCUT2D eigenvalue weighted by Gasteiger charge is 2.35. The summed E-state index contributed by atoms with van der Waals surface area (Å²) in [6.07, 6.45) is 1.28. The van der Waals surface area contributed by atoms with Crippen LogP contribution in [0.5, 0.6) is 11.5 Å². The number of aryl methyl sites for hydroxylation is 1. The molecular weight excluding hydrogens is 452 g/mol. The average Bonchev–Trinajstić information content (AvgIpc) is 3.19. The molecule has 1 atom stereocenters. The lowest BCUT2D eigenvalue weighted by Crippen LogP contribution is -2.49. The van der Waals surface area contributed by atoms with Gasteiger partial charge in [0, 0.05) is 36.6 Å². The number of methoxy groups -OCH3 is 2. The number of nitrogens with zero attached hydrogens (tertiary/aromatic N) is 2. The Morgan fingerprint density at radius 1 is 1.20 bits per heavy atom. The summed E-state index contributed by atoms with van der Waals surface area (Å²) in [5.41, 5.74) is -0.105. The number of ether oxygens (including phenoxy) is 2. The first-order valence-corrected chi connectivity index (χ1v) is 11.2. The SMILES string of the molecule is C=CCN(C(=O)CCC(=O)Nc1cc(C)on1)[C@H](C(=O)NC(C)(C)C)c1cccc(OC)c1OC. The van der Waals surface area contributed by atoms with E-state index in [2.05, 4.69) is 22.4 Å². The van der Waals surface area contributed by atoms with Crippen molar-refractivity contribution >= 4 is 23.5 Å². The van der Waals surface area contributed by atoms with Crippen LogP contribution in [-0.2, 0) is 14.4 Å². The summed E-state index contributed by atoms with van der Waals surface area (Å²) in [7, 11) is 2.96. The Labute approximate surface area is 205 Å². The van der Waals surface area contributed by atoms with Gasteiger partial charge in [-0.1, -0.05) is 23.4 Å². The van der Waals surface area contributed by atoms with E-state index < -0.39 is 29.3 Å². The number of hydrogen-bond acceptors (Lipinski definition) is 7. The summed E-state index contributed by atoms with van der Waals surface area (Å²) in [4.78, 5) is 40.6. The van der Waals surface area contributed by atoms with E-state index in [1.54, 1.807) is 31.2 Å². The Morgan fingerprint density at radius 2 is 1.91 bits per heavy atom. The highest BCUT2D eigenvalue weighted by molar-refractivity contribution is 5.94. The molecule has 0 radical (unpaired) electrons. The van der Waals surface area contributed by atoms with E-state index in [0.717, 1.165) is 0 Å². The summed E-state index contributed by atoms with van der Waals surface area (Å²) in [6.45, 7) is 11.1. The van der Waals surface area contributed by atoms with Crippen molar-refractivity contribution in [3.05, 3.63) is 48.2 Å². The van der Waals surface area contributed by atoms with E-state index in [9.17, 15) is 14.4 Å². The fourth-order valence-corrected chi connectivity index (χ4v) is 3.50. The van der Waals surface area contributed by atoms with Crippen LogP contribution in [0.4, 0.5) is 5.82 Å². The number of amides is 3. The van der Waals surface area contributed by atoms with Crippen LogP contribution in [0.25, 0.3) is 0 Å². The monoisotopic (exact) mass is 486 g/mol. The van der Waals surface area contributed by atoms with Crippen molar-refractivity contribution in [1.82, 2.24) is 15.4 Å². The number of aromatic nitrogens is 1. The molecule has 0 aliphatic rings. The molecule has 35 heavy (non-hydrogen) atoms. The topological polar surface area (TPSA) is 123 Å². The first-order chi connectivity index (χ1) is 16.5. The van der Waals surface area contributed by atoms with Crippen molar-refractivity contribution in [2.24, 2.45) is 0 Å². The largest absolute Gasteiger partial charge is 0.493 e. The van der Waals surface area contributed by atoms with Gasteiger partial charge in [0.15, 0.2) is 17.3 Å². The molecule has 10 nitrogen and oxygen atoms in total. The van der Waals surface area contributed by atoms with Gasteiger partial charge in [-0.05, 0) is 33.8 Å². The summed E-state index contributed by atoms with van der Waals surface area (Å²) in [5.74, 6) is 0.369. The van der Waals surface area contributed by atoms with Crippen molar-refractivity contribution in [3.8, 4) is 11.5 Å². The molecule has 0 unspecified atom stereocenters. The molecular formula is C25H34N4O6. The van der Waals surface area contributed by atoms with Crippen molar-refractivity contribution < 1.29 is 28.4 Å². The van der Waals surface area contributed by atoms with Gasteiger partial charge in [-0.2, -0.15) is 0 Å². The summed E-state index contributed by atoms with van der Waals surface area (Å²) < 4.78 is 15.9. The van der Waals surface area contributed by atoms with E-state index in [4.69, 9.17) is 14.0 Å². The molecule has 1 aromatic heterocycles. The second-order valence-electron chi connectivity index (χ2n) is 8.93. The van der Waals surface area contributed by atoms with Crippen LogP contribution in [0.1, 0.15) is 51.0 Å². The third-order valence-corrected chi connectivity index (χ3v) is 4.89. The zero-order valence-electron chi connectivity index (χ0n) is 21.1. The molecule has 2 N–H and O–H groups in total. The predicted octanol–water partition coefficient (Wildman–Crippen LogP) is 3.39. The summed E-state index contributed by atoms with van der Waals surface area (Å²) in [5, 5.41) is 9.24. The first-order valence-electron chi connectivity index (χ1n) is 11.2. The first kappa shape index (κ1) is 27.4. The Balaban J connectivity index is 2.36. The van der Waals surface area contributed by atoms with Gasteiger partial charge < -0.3 is 29.5 Å². The normalized spacial score (nSPS) is 11.8. The lowest BCUT2D eigenvalue weighted by molar-refractivity contribution is -0.141. The van der Waals surface area contributed by atoms with Gasteiger partial charge in [-0.3, -0.25) is 14.4 Å². The standard InChI is InChI=1S/C25H34N4O6/c1-8-14-29(21(31)13-12-20(30)26-19-15-16(2)35-28-19)22(24(32)27-25(3,4)5)17-10-9-11-18(33-6)23(17)34-7/h8-11,15,22H,1,12-14H2,2-7H3,(H,27,32)(H,26,28,30)/t22-/m0/s1. The van der Waals surface area contributed by atoms with E-state index in [0.29, 0.717) is 22.8 Å². The van der Waals surface area contributed by atoms with Gasteiger partial charge in [0.05, 0.1) is 14.2 Å². The van der Waals surface area contributed by atoms with Crippen LogP contribution in [0.2, 0.25) is 0 Å². The van der Waals surface area contributed by atoms with Crippen LogP contribution in [-0.4, -0.2) is 54.1 Å². The minimum atomic E-state index is -1.05. The number of hydrogen-bond donors (Lipinski definition) is 2. The quantitative estimate of drug-likeness (QED) is 0.467. The molecule has 0 spiro atoms. The zero-order valence-corrected chi connectivity index (χ0v) is 21.1. The molecule has 0 saturated carbocycles. The number of carbonyl (C=O) groups excluding carboxylic acids is 3. The number of rotatable bonds is 11. The van der Waals surface area contributed by atoms with E-state index >= 15 is 0 Å². The summed E-state index contributed by atoms with van der Waals surface area (Å²) in [6, 6.07) is 5.66. The van der Waals surface area contributed by atoms with Crippen LogP contribution in [0.3, 0.4) is 0 Å². The average molecular weight is 487 g/mol. The number of anilines is 1. The Bertz CT molecular complexity index is 1060. The lowest BCUT2D eigenvalue weighted by Gasteiger charge is -2.34. The molecule has 0 fully saturated rings. The maximum atomic E-state index is 13.5. The van der Waals surface area contributed by atoms with Crippen molar-refractivity contribution in [2.75, 3.05) is 26.1 Å². The fraction of sp³-hybridized carbons (Fsp3) is 0.440.